The fraction of sp³-hybridized carbons (Fsp3) is 0.0962. The third-order valence-electron chi connectivity index (χ3n) is 12.3. The van der Waals surface area contributed by atoms with Crippen LogP contribution < -0.4 is 0 Å². The topological polar surface area (TPSA) is 33.6 Å². The number of aromatic nitrogens is 2. The lowest BCUT2D eigenvalue weighted by atomic mass is 9.82. The summed E-state index contributed by atoms with van der Waals surface area (Å²) >= 11 is 0. The average molecular weight is 704 g/mol. The molecule has 0 N–H and O–H groups in total. The standard InChI is InChI=1S/C52H37N3/c1-52(2)46-15-6-3-12-40(46)43-31-39(24-25-47(43)52)55-49-17-8-5-14-42(49)45-30-37(23-27-51(45)55)36-22-26-50-44(29-36)41-13-4-7-16-48(41)54(50)38-11-9-10-35(28-38)34-20-18-33(32-53)19-21-34/h3-20,22-31,34H,21H2,1-2H3. The molecular formula is C52H37N3. The number of nitriles is 1. The molecule has 2 aromatic heterocycles. The summed E-state index contributed by atoms with van der Waals surface area (Å²) in [6.45, 7) is 4.68. The van der Waals surface area contributed by atoms with Crippen LogP contribution in [0.5, 0.6) is 0 Å². The predicted molar refractivity (Wildman–Crippen MR) is 228 cm³/mol. The zero-order valence-electron chi connectivity index (χ0n) is 30.8. The van der Waals surface area contributed by atoms with Gasteiger partial charge in [-0.3, -0.25) is 0 Å². The highest BCUT2D eigenvalue weighted by atomic mass is 15.0. The van der Waals surface area contributed by atoms with Crippen LogP contribution >= 0.6 is 0 Å². The van der Waals surface area contributed by atoms with Crippen LogP contribution in [0.1, 0.15) is 42.9 Å². The number of para-hydroxylation sites is 2. The van der Waals surface area contributed by atoms with E-state index in [0.717, 1.165) is 17.7 Å². The molecule has 0 spiro atoms. The van der Waals surface area contributed by atoms with Gasteiger partial charge in [0.05, 0.1) is 28.1 Å². The highest BCUT2D eigenvalue weighted by molar-refractivity contribution is 6.12. The molecule has 2 aliphatic carbocycles. The molecule has 3 heteroatoms. The van der Waals surface area contributed by atoms with E-state index in [0.29, 0.717) is 0 Å². The second-order valence-electron chi connectivity index (χ2n) is 15.6. The summed E-state index contributed by atoms with van der Waals surface area (Å²) in [6.07, 6.45) is 6.99. The van der Waals surface area contributed by atoms with Crippen LogP contribution in [0.25, 0.3) is 77.2 Å². The van der Waals surface area contributed by atoms with Gasteiger partial charge in [0.2, 0.25) is 0 Å². The van der Waals surface area contributed by atoms with Gasteiger partial charge < -0.3 is 9.13 Å². The Morgan fingerprint density at radius 1 is 0.545 bits per heavy atom. The predicted octanol–water partition coefficient (Wildman–Crippen LogP) is 13.3. The maximum absolute atomic E-state index is 9.33. The molecule has 1 unspecified atom stereocenters. The Morgan fingerprint density at radius 3 is 1.80 bits per heavy atom. The Morgan fingerprint density at radius 2 is 1.15 bits per heavy atom. The minimum atomic E-state index is -0.0218. The third kappa shape index (κ3) is 4.68. The summed E-state index contributed by atoms with van der Waals surface area (Å²) in [4.78, 5) is 0. The van der Waals surface area contributed by atoms with Crippen LogP contribution in [-0.2, 0) is 5.41 Å². The fourth-order valence-electron chi connectivity index (χ4n) is 9.55. The van der Waals surface area contributed by atoms with E-state index in [1.165, 1.54) is 88.2 Å². The molecular weight excluding hydrogens is 667 g/mol. The minimum Gasteiger partial charge on any atom is -0.309 e. The first-order valence-electron chi connectivity index (χ1n) is 19.2. The molecule has 0 saturated carbocycles. The van der Waals surface area contributed by atoms with Crippen LogP contribution in [-0.4, -0.2) is 9.13 Å². The van der Waals surface area contributed by atoms with E-state index < -0.39 is 0 Å². The Hall–Kier alpha value is -6.89. The van der Waals surface area contributed by atoms with Gasteiger partial charge in [0.1, 0.15) is 0 Å². The molecule has 0 amide bonds. The Kier molecular flexibility index (Phi) is 6.79. The van der Waals surface area contributed by atoms with Gasteiger partial charge in [-0.25, -0.2) is 0 Å². The summed E-state index contributed by atoms with van der Waals surface area (Å²) in [5, 5.41) is 14.3. The Labute approximate surface area is 320 Å². The van der Waals surface area contributed by atoms with Crippen LogP contribution in [0.3, 0.4) is 0 Å². The van der Waals surface area contributed by atoms with Crippen LogP contribution in [0.4, 0.5) is 0 Å². The van der Waals surface area contributed by atoms with Crippen molar-refractivity contribution in [1.82, 2.24) is 9.13 Å². The van der Waals surface area contributed by atoms with E-state index in [1.54, 1.807) is 0 Å². The van der Waals surface area contributed by atoms with E-state index in [-0.39, 0.29) is 11.3 Å². The Bertz CT molecular complexity index is 3170. The third-order valence-corrected chi connectivity index (χ3v) is 12.3. The molecule has 55 heavy (non-hydrogen) atoms. The van der Waals surface area contributed by atoms with Crippen molar-refractivity contribution in [2.75, 3.05) is 0 Å². The lowest BCUT2D eigenvalue weighted by molar-refractivity contribution is 0.660. The van der Waals surface area contributed by atoms with Crippen LogP contribution in [0.2, 0.25) is 0 Å². The van der Waals surface area contributed by atoms with Crippen molar-refractivity contribution in [3.63, 3.8) is 0 Å². The molecule has 1 atom stereocenters. The summed E-state index contributed by atoms with van der Waals surface area (Å²) in [5.74, 6) is 0.254. The molecule has 0 fully saturated rings. The van der Waals surface area contributed by atoms with Gasteiger partial charge in [0, 0.05) is 49.8 Å². The van der Waals surface area contributed by atoms with Crippen molar-refractivity contribution in [2.24, 2.45) is 0 Å². The van der Waals surface area contributed by atoms with Gasteiger partial charge in [0.25, 0.3) is 0 Å². The molecule has 0 saturated heterocycles. The van der Waals surface area contributed by atoms with Gasteiger partial charge in [-0.2, -0.15) is 5.26 Å². The first-order valence-corrected chi connectivity index (χ1v) is 19.2. The van der Waals surface area contributed by atoms with E-state index in [2.05, 4.69) is 187 Å². The summed E-state index contributed by atoms with van der Waals surface area (Å²) in [7, 11) is 0. The largest absolute Gasteiger partial charge is 0.309 e. The molecule has 3 nitrogen and oxygen atoms in total. The van der Waals surface area contributed by atoms with Crippen molar-refractivity contribution in [3.8, 4) is 39.7 Å². The maximum Gasteiger partial charge on any atom is 0.0988 e. The number of rotatable bonds is 4. The van der Waals surface area contributed by atoms with Gasteiger partial charge >= 0.3 is 0 Å². The number of nitrogens with zero attached hydrogens (tertiary/aromatic N) is 3. The lowest BCUT2D eigenvalue weighted by Gasteiger charge is -2.21. The summed E-state index contributed by atoms with van der Waals surface area (Å²) < 4.78 is 4.84. The van der Waals surface area contributed by atoms with Gasteiger partial charge in [-0.15, -0.1) is 0 Å². The second kappa shape index (κ2) is 11.8. The van der Waals surface area contributed by atoms with Crippen molar-refractivity contribution in [2.45, 2.75) is 31.6 Å². The maximum atomic E-state index is 9.33. The van der Waals surface area contributed by atoms with Crippen molar-refractivity contribution >= 4 is 43.6 Å². The minimum absolute atomic E-state index is 0.0218. The summed E-state index contributed by atoms with van der Waals surface area (Å²) in [6, 6.07) is 58.5. The van der Waals surface area contributed by atoms with Crippen LogP contribution in [0, 0.1) is 11.3 Å². The number of hydrogen-bond donors (Lipinski definition) is 0. The lowest BCUT2D eigenvalue weighted by Crippen LogP contribution is -2.14. The summed E-state index contributed by atoms with van der Waals surface area (Å²) in [5.41, 5.74) is 17.0. The monoisotopic (exact) mass is 703 g/mol. The zero-order chi connectivity index (χ0) is 36.8. The molecule has 0 aliphatic heterocycles. The van der Waals surface area contributed by atoms with Gasteiger partial charge in [0.15, 0.2) is 0 Å². The molecule has 2 aliphatic rings. The highest BCUT2D eigenvalue weighted by Crippen LogP contribution is 2.49. The fourth-order valence-corrected chi connectivity index (χ4v) is 9.55. The number of benzene rings is 7. The number of allylic oxidation sites excluding steroid dienone is 4. The molecule has 9 aromatic rings. The van der Waals surface area contributed by atoms with E-state index >= 15 is 0 Å². The quantitative estimate of drug-likeness (QED) is 0.180. The zero-order valence-corrected chi connectivity index (χ0v) is 30.8. The van der Waals surface area contributed by atoms with E-state index in [1.807, 2.05) is 12.2 Å². The second-order valence-corrected chi connectivity index (χ2v) is 15.6. The number of fused-ring (bicyclic) bond motifs is 9. The Balaban J connectivity index is 1.03. The molecule has 2 heterocycles. The van der Waals surface area contributed by atoms with Gasteiger partial charge in [-0.1, -0.05) is 117 Å². The SMILES string of the molecule is CC1(C)c2ccccc2-c2cc(-n3c4ccccc4c4cc(-c5ccc6c(c5)c5ccccc5n6-c5cccc(C6C=CC(C#N)=CC6)c5)ccc43)ccc21. The molecule has 260 valence electrons. The van der Waals surface area contributed by atoms with Crippen LogP contribution in [0.15, 0.2) is 175 Å². The first-order chi connectivity index (χ1) is 27.0. The normalized spacial score (nSPS) is 15.7. The number of hydrogen-bond acceptors (Lipinski definition) is 1. The highest BCUT2D eigenvalue weighted by Gasteiger charge is 2.35. The van der Waals surface area contributed by atoms with E-state index in [9.17, 15) is 5.26 Å². The molecule has 0 radical (unpaired) electrons. The molecule has 11 rings (SSSR count). The first kappa shape index (κ1) is 31.6. The van der Waals surface area contributed by atoms with Crippen molar-refractivity contribution in [1.29, 1.82) is 5.26 Å². The van der Waals surface area contributed by atoms with Gasteiger partial charge in [-0.05, 0) is 112 Å². The smallest absolute Gasteiger partial charge is 0.0988 e. The van der Waals surface area contributed by atoms with Crippen molar-refractivity contribution in [3.05, 3.63) is 192 Å². The average Bonchev–Trinajstić information content (AvgIpc) is 3.83. The van der Waals surface area contributed by atoms with E-state index in [4.69, 9.17) is 0 Å². The molecule has 7 aromatic carbocycles. The molecule has 0 bridgehead atoms. The van der Waals surface area contributed by atoms with Crippen molar-refractivity contribution < 1.29 is 0 Å².